The number of imidazole rings is 1. The van der Waals surface area contributed by atoms with E-state index in [1.54, 1.807) is 0 Å². The number of benzene rings is 1. The summed E-state index contributed by atoms with van der Waals surface area (Å²) in [4.78, 5) is 22.4. The minimum Gasteiger partial charge on any atom is -0.341 e. The Bertz CT molecular complexity index is 971. The van der Waals surface area contributed by atoms with E-state index in [-0.39, 0.29) is 11.5 Å². The third kappa shape index (κ3) is 3.14. The topological polar surface area (TPSA) is 40.9 Å². The maximum atomic E-state index is 13.1. The Kier molecular flexibility index (Phi) is 4.63. The maximum absolute atomic E-state index is 13.1. The smallest absolute Gasteiger partial charge is 0.239 e. The predicted molar refractivity (Wildman–Crippen MR) is 114 cm³/mol. The number of aromatic nitrogens is 2. The molecular weight excluding hydrogens is 360 g/mol. The van der Waals surface area contributed by atoms with Crippen molar-refractivity contribution in [3.05, 3.63) is 72.2 Å². The van der Waals surface area contributed by atoms with Crippen LogP contribution in [0.4, 0.5) is 0 Å². The van der Waals surface area contributed by atoms with Gasteiger partial charge in [-0.3, -0.25) is 9.69 Å². The van der Waals surface area contributed by atoms with Gasteiger partial charge in [-0.1, -0.05) is 36.4 Å². The molecule has 5 heteroatoms. The van der Waals surface area contributed by atoms with Crippen molar-refractivity contribution in [1.82, 2.24) is 19.2 Å². The maximum Gasteiger partial charge on any atom is 0.239 e. The van der Waals surface area contributed by atoms with Gasteiger partial charge in [0.25, 0.3) is 0 Å². The third-order valence-electron chi connectivity index (χ3n) is 6.91. The Morgan fingerprint density at radius 3 is 2.48 bits per heavy atom. The first-order chi connectivity index (χ1) is 14.2. The average molecular weight is 389 g/mol. The average Bonchev–Trinajstić information content (AvgIpc) is 3.40. The highest BCUT2D eigenvalue weighted by atomic mass is 16.2. The fourth-order valence-corrected chi connectivity index (χ4v) is 5.16. The molecule has 0 unspecified atom stereocenters. The number of amides is 1. The zero-order chi connectivity index (χ0) is 19.8. The van der Waals surface area contributed by atoms with Gasteiger partial charge in [0, 0.05) is 30.9 Å². The summed E-state index contributed by atoms with van der Waals surface area (Å²) < 4.78 is 2.10. The molecule has 0 spiro atoms. The first-order valence-electron chi connectivity index (χ1n) is 10.7. The molecule has 4 heterocycles. The van der Waals surface area contributed by atoms with Gasteiger partial charge >= 0.3 is 0 Å². The number of hydrogen-bond acceptors (Lipinski definition) is 3. The lowest BCUT2D eigenvalue weighted by Gasteiger charge is -2.42. The fourth-order valence-electron chi connectivity index (χ4n) is 5.16. The number of hydrogen-bond donors (Lipinski definition) is 0. The number of nitrogens with zero attached hydrogens (tertiary/aromatic N) is 4. The number of carbonyl (C=O) groups excluding carboxylic acids is 1. The van der Waals surface area contributed by atoms with Crippen molar-refractivity contribution in [1.29, 1.82) is 0 Å². The van der Waals surface area contributed by atoms with Crippen molar-refractivity contribution in [2.75, 3.05) is 26.7 Å². The van der Waals surface area contributed by atoms with Crippen molar-refractivity contribution in [2.45, 2.75) is 37.1 Å². The number of pyridine rings is 1. The molecule has 0 N–H and O–H groups in total. The Labute approximate surface area is 172 Å². The molecule has 1 atom stereocenters. The second-order valence-corrected chi connectivity index (χ2v) is 8.50. The largest absolute Gasteiger partial charge is 0.341 e. The molecule has 1 amide bonds. The van der Waals surface area contributed by atoms with Crippen LogP contribution in [0.1, 0.15) is 36.9 Å². The van der Waals surface area contributed by atoms with Crippen LogP contribution in [0, 0.1) is 0 Å². The normalized spacial score (nSPS) is 22.2. The lowest BCUT2D eigenvalue weighted by atomic mass is 9.70. The molecule has 2 fully saturated rings. The second kappa shape index (κ2) is 7.30. The summed E-state index contributed by atoms with van der Waals surface area (Å²) in [6.45, 7) is 2.59. The molecule has 29 heavy (non-hydrogen) atoms. The molecule has 0 radical (unpaired) electrons. The van der Waals surface area contributed by atoms with E-state index in [4.69, 9.17) is 4.98 Å². The molecule has 0 bridgehead atoms. The standard InChI is InChI=1S/C24H28N4O/c1-26-14-7-10-20(26)23(29)27-16-12-24(13-17-27,19-8-3-2-4-9-19)21-18-28-15-6-5-11-22(28)25-21/h2-6,8-9,11,15,18,20H,7,10,12-14,16-17H2,1H3/t20-/m1/s1. The molecule has 2 aliphatic rings. The highest BCUT2D eigenvalue weighted by Gasteiger charge is 2.42. The Hall–Kier alpha value is -2.66. The first kappa shape index (κ1) is 18.4. The van der Waals surface area contributed by atoms with E-state index in [9.17, 15) is 4.79 Å². The van der Waals surface area contributed by atoms with Crippen LogP contribution in [0.15, 0.2) is 60.9 Å². The molecule has 1 aromatic carbocycles. The van der Waals surface area contributed by atoms with Crippen LogP contribution in [0.25, 0.3) is 5.65 Å². The van der Waals surface area contributed by atoms with Crippen molar-refractivity contribution >= 4 is 11.6 Å². The number of rotatable bonds is 3. The monoisotopic (exact) mass is 388 g/mol. The Morgan fingerprint density at radius 2 is 1.79 bits per heavy atom. The van der Waals surface area contributed by atoms with Gasteiger partial charge in [-0.25, -0.2) is 4.98 Å². The lowest BCUT2D eigenvalue weighted by Crippen LogP contribution is -2.51. The summed E-state index contributed by atoms with van der Waals surface area (Å²) in [5, 5.41) is 0. The van der Waals surface area contributed by atoms with E-state index in [0.29, 0.717) is 5.91 Å². The molecule has 2 aliphatic heterocycles. The van der Waals surface area contributed by atoms with Gasteiger partial charge in [-0.05, 0) is 57.0 Å². The number of fused-ring (bicyclic) bond motifs is 1. The van der Waals surface area contributed by atoms with Crippen LogP contribution >= 0.6 is 0 Å². The second-order valence-electron chi connectivity index (χ2n) is 8.50. The van der Waals surface area contributed by atoms with Gasteiger partial charge < -0.3 is 9.30 Å². The van der Waals surface area contributed by atoms with E-state index < -0.39 is 0 Å². The van der Waals surface area contributed by atoms with Gasteiger partial charge in [0.1, 0.15) is 5.65 Å². The van der Waals surface area contributed by atoms with Gasteiger partial charge in [-0.2, -0.15) is 0 Å². The summed E-state index contributed by atoms with van der Waals surface area (Å²) in [7, 11) is 2.07. The number of likely N-dealkylation sites (N-methyl/N-ethyl adjacent to an activating group) is 1. The molecular formula is C24H28N4O. The highest BCUT2D eigenvalue weighted by molar-refractivity contribution is 5.82. The van der Waals surface area contributed by atoms with Crippen molar-refractivity contribution in [3.8, 4) is 0 Å². The molecule has 0 aliphatic carbocycles. The first-order valence-corrected chi connectivity index (χ1v) is 10.7. The summed E-state index contributed by atoms with van der Waals surface area (Å²) >= 11 is 0. The Morgan fingerprint density at radius 1 is 1.03 bits per heavy atom. The Balaban J connectivity index is 1.46. The van der Waals surface area contributed by atoms with Crippen LogP contribution in [0.3, 0.4) is 0 Å². The number of likely N-dealkylation sites (tertiary alicyclic amines) is 2. The SMILES string of the molecule is CN1CCC[C@@H]1C(=O)N1CCC(c2ccccc2)(c2cn3ccccc3n2)CC1. The molecule has 2 saturated heterocycles. The van der Waals surface area contributed by atoms with E-state index in [2.05, 4.69) is 70.0 Å². The lowest BCUT2D eigenvalue weighted by molar-refractivity contribution is -0.137. The van der Waals surface area contributed by atoms with Gasteiger partial charge in [0.2, 0.25) is 5.91 Å². The minimum atomic E-state index is -0.147. The van der Waals surface area contributed by atoms with E-state index in [0.717, 1.165) is 56.7 Å². The molecule has 5 rings (SSSR count). The van der Waals surface area contributed by atoms with Crippen molar-refractivity contribution in [3.63, 3.8) is 0 Å². The third-order valence-corrected chi connectivity index (χ3v) is 6.91. The van der Waals surface area contributed by atoms with Crippen LogP contribution < -0.4 is 0 Å². The van der Waals surface area contributed by atoms with Crippen LogP contribution in [-0.4, -0.2) is 57.8 Å². The van der Waals surface area contributed by atoms with Crippen LogP contribution in [0.5, 0.6) is 0 Å². The molecule has 2 aromatic heterocycles. The van der Waals surface area contributed by atoms with Crippen molar-refractivity contribution < 1.29 is 4.79 Å². The summed E-state index contributed by atoms with van der Waals surface area (Å²) in [5.41, 5.74) is 3.24. The summed E-state index contributed by atoms with van der Waals surface area (Å²) in [6.07, 6.45) is 8.15. The van der Waals surface area contributed by atoms with E-state index in [1.165, 1.54) is 5.56 Å². The number of piperidine rings is 1. The van der Waals surface area contributed by atoms with Crippen LogP contribution in [0.2, 0.25) is 0 Å². The quantitative estimate of drug-likeness (QED) is 0.691. The zero-order valence-electron chi connectivity index (χ0n) is 17.0. The van der Waals surface area contributed by atoms with Gasteiger partial charge in [-0.15, -0.1) is 0 Å². The summed E-state index contributed by atoms with van der Waals surface area (Å²) in [5.74, 6) is 0.307. The molecule has 3 aromatic rings. The van der Waals surface area contributed by atoms with Gasteiger partial charge in [0.15, 0.2) is 0 Å². The molecule has 150 valence electrons. The van der Waals surface area contributed by atoms with E-state index >= 15 is 0 Å². The van der Waals surface area contributed by atoms with Crippen LogP contribution in [-0.2, 0) is 10.2 Å². The summed E-state index contributed by atoms with van der Waals surface area (Å²) in [6, 6.07) is 16.9. The van der Waals surface area contributed by atoms with E-state index in [1.807, 2.05) is 12.1 Å². The molecule has 0 saturated carbocycles. The zero-order valence-corrected chi connectivity index (χ0v) is 17.0. The van der Waals surface area contributed by atoms with Crippen molar-refractivity contribution in [2.24, 2.45) is 0 Å². The predicted octanol–water partition coefficient (Wildman–Crippen LogP) is 3.34. The highest BCUT2D eigenvalue weighted by Crippen LogP contribution is 2.41. The van der Waals surface area contributed by atoms with Gasteiger partial charge in [0.05, 0.1) is 11.7 Å². The fraction of sp³-hybridized carbons (Fsp3) is 0.417. The molecule has 5 nitrogen and oxygen atoms in total. The minimum absolute atomic E-state index is 0.0643. The number of carbonyl (C=O) groups is 1.